The van der Waals surface area contributed by atoms with Crippen LogP contribution in [-0.4, -0.2) is 68.6 Å². The highest BCUT2D eigenvalue weighted by atomic mass is 16.6. The fourth-order valence-electron chi connectivity index (χ4n) is 5.14. The number of nitrogens with zero attached hydrogens (tertiary/aromatic N) is 6. The number of anilines is 1. The first-order chi connectivity index (χ1) is 16.6. The Bertz CT molecular complexity index is 1180. The maximum atomic E-state index is 10.7. The molecule has 3 atom stereocenters. The molecule has 0 saturated carbocycles. The van der Waals surface area contributed by atoms with E-state index in [2.05, 4.69) is 42.4 Å². The normalized spacial score (nSPS) is 23.4. The van der Waals surface area contributed by atoms with Crippen molar-refractivity contribution in [3.8, 4) is 40.2 Å². The van der Waals surface area contributed by atoms with Gasteiger partial charge in [-0.2, -0.15) is 0 Å². The maximum absolute atomic E-state index is 10.7. The van der Waals surface area contributed by atoms with Crippen LogP contribution in [0.15, 0.2) is 30.6 Å². The van der Waals surface area contributed by atoms with Gasteiger partial charge in [0.15, 0.2) is 11.6 Å². The van der Waals surface area contributed by atoms with E-state index in [1.807, 2.05) is 6.07 Å². The zero-order chi connectivity index (χ0) is 23.1. The standard InChI is InChI=1S/C24H27N7O3/c1-31(17-10-15-3-2-4-16(11-17)27-15)21-13-25-22(30-29-21)18-6-5-14(9-20(18)32)19-12-26-23-24(28-19)34-8-7-33-23/h5-6,9,12-13,15-17,27,32H,2-4,7-8,10-11H2,1H3/t15-,16+,17-. The third-order valence-corrected chi connectivity index (χ3v) is 6.95. The summed E-state index contributed by atoms with van der Waals surface area (Å²) in [6.45, 7) is 0.891. The van der Waals surface area contributed by atoms with Crippen LogP contribution in [-0.2, 0) is 0 Å². The van der Waals surface area contributed by atoms with E-state index < -0.39 is 0 Å². The molecule has 10 nitrogen and oxygen atoms in total. The molecule has 176 valence electrons. The summed E-state index contributed by atoms with van der Waals surface area (Å²) in [6.07, 6.45) is 9.37. The topological polar surface area (TPSA) is 118 Å². The highest BCUT2D eigenvalue weighted by Crippen LogP contribution is 2.34. The van der Waals surface area contributed by atoms with Crippen molar-refractivity contribution in [1.82, 2.24) is 30.5 Å². The van der Waals surface area contributed by atoms with Crippen LogP contribution in [0.2, 0.25) is 0 Å². The summed E-state index contributed by atoms with van der Waals surface area (Å²) in [5.41, 5.74) is 1.78. The Morgan fingerprint density at radius 2 is 1.79 bits per heavy atom. The zero-order valence-corrected chi connectivity index (χ0v) is 19.0. The lowest BCUT2D eigenvalue weighted by Gasteiger charge is -2.43. The van der Waals surface area contributed by atoms with E-state index in [4.69, 9.17) is 9.47 Å². The summed E-state index contributed by atoms with van der Waals surface area (Å²) in [7, 11) is 2.07. The van der Waals surface area contributed by atoms with E-state index in [1.165, 1.54) is 19.3 Å². The number of phenols is 1. The van der Waals surface area contributed by atoms with E-state index in [0.717, 1.165) is 18.7 Å². The second-order valence-electron chi connectivity index (χ2n) is 9.16. The minimum atomic E-state index is 0.0447. The monoisotopic (exact) mass is 461 g/mol. The summed E-state index contributed by atoms with van der Waals surface area (Å²) < 4.78 is 10.9. The summed E-state index contributed by atoms with van der Waals surface area (Å²) in [6, 6.07) is 6.83. The molecule has 3 aliphatic heterocycles. The van der Waals surface area contributed by atoms with Gasteiger partial charge in [0.1, 0.15) is 19.0 Å². The summed E-state index contributed by atoms with van der Waals surface area (Å²) in [5.74, 6) is 1.90. The molecule has 0 spiro atoms. The zero-order valence-electron chi connectivity index (χ0n) is 19.0. The van der Waals surface area contributed by atoms with Crippen LogP contribution in [0.5, 0.6) is 17.5 Å². The number of rotatable bonds is 4. The molecule has 0 unspecified atom stereocenters. The first-order valence-electron chi connectivity index (χ1n) is 11.8. The van der Waals surface area contributed by atoms with Gasteiger partial charge in [0.25, 0.3) is 11.8 Å². The lowest BCUT2D eigenvalue weighted by atomic mass is 9.83. The Kier molecular flexibility index (Phi) is 5.37. The Hall–Kier alpha value is -3.53. The number of hydrogen-bond acceptors (Lipinski definition) is 10. The number of benzene rings is 1. The van der Waals surface area contributed by atoms with Crippen molar-refractivity contribution in [2.24, 2.45) is 0 Å². The molecule has 2 N–H and O–H groups in total. The molecule has 2 aromatic heterocycles. The van der Waals surface area contributed by atoms with Gasteiger partial charge < -0.3 is 24.8 Å². The van der Waals surface area contributed by atoms with E-state index >= 15 is 0 Å². The highest BCUT2D eigenvalue weighted by molar-refractivity contribution is 5.71. The number of hydrogen-bond donors (Lipinski definition) is 2. The second kappa shape index (κ2) is 8.68. The van der Waals surface area contributed by atoms with Gasteiger partial charge in [-0.05, 0) is 37.8 Å². The molecule has 0 radical (unpaired) electrons. The molecule has 10 heteroatoms. The van der Waals surface area contributed by atoms with Crippen LogP contribution in [0.3, 0.4) is 0 Å². The fraction of sp³-hybridized carbons (Fsp3) is 0.458. The van der Waals surface area contributed by atoms with E-state index in [9.17, 15) is 5.11 Å². The summed E-state index contributed by atoms with van der Waals surface area (Å²) in [4.78, 5) is 15.4. The van der Waals surface area contributed by atoms with Gasteiger partial charge in [0.2, 0.25) is 0 Å². The molecule has 2 bridgehead atoms. The van der Waals surface area contributed by atoms with Crippen molar-refractivity contribution >= 4 is 5.82 Å². The minimum absolute atomic E-state index is 0.0447. The Labute approximate surface area is 197 Å². The van der Waals surface area contributed by atoms with Crippen molar-refractivity contribution < 1.29 is 14.6 Å². The number of fused-ring (bicyclic) bond motifs is 3. The van der Waals surface area contributed by atoms with Crippen LogP contribution in [0.1, 0.15) is 32.1 Å². The Morgan fingerprint density at radius 1 is 1.00 bits per heavy atom. The van der Waals surface area contributed by atoms with E-state index in [1.54, 1.807) is 24.5 Å². The third kappa shape index (κ3) is 3.98. The summed E-state index contributed by atoms with van der Waals surface area (Å²) in [5, 5.41) is 23.2. The van der Waals surface area contributed by atoms with Gasteiger partial charge >= 0.3 is 0 Å². The van der Waals surface area contributed by atoms with Crippen LogP contribution in [0.4, 0.5) is 5.82 Å². The molecular formula is C24H27N7O3. The summed E-state index contributed by atoms with van der Waals surface area (Å²) >= 11 is 0. The number of aromatic nitrogens is 5. The molecule has 2 fully saturated rings. The number of ether oxygens (including phenoxy) is 2. The molecule has 0 aliphatic carbocycles. The predicted molar refractivity (Wildman–Crippen MR) is 125 cm³/mol. The molecule has 3 aromatic rings. The SMILES string of the molecule is CN(c1cnc(-c2ccc(-c3cnc4c(n3)OCCO4)cc2O)nn1)[C@@H]1C[C@H]2CCC[C@@H](C1)N2. The van der Waals surface area contributed by atoms with E-state index in [-0.39, 0.29) is 5.75 Å². The van der Waals surface area contributed by atoms with Gasteiger partial charge in [-0.25, -0.2) is 15.0 Å². The average Bonchev–Trinajstić information content (AvgIpc) is 2.88. The molecule has 0 amide bonds. The van der Waals surface area contributed by atoms with Crippen LogP contribution in [0.25, 0.3) is 22.6 Å². The van der Waals surface area contributed by atoms with Gasteiger partial charge in [-0.1, -0.05) is 12.5 Å². The van der Waals surface area contributed by atoms with Crippen molar-refractivity contribution in [3.63, 3.8) is 0 Å². The van der Waals surface area contributed by atoms with Gasteiger partial charge in [-0.15, -0.1) is 10.2 Å². The number of piperidine rings is 2. The fourth-order valence-corrected chi connectivity index (χ4v) is 5.14. The molecule has 1 aromatic carbocycles. The van der Waals surface area contributed by atoms with Crippen molar-refractivity contribution in [1.29, 1.82) is 0 Å². The predicted octanol–water partition coefficient (Wildman–Crippen LogP) is 2.58. The first-order valence-corrected chi connectivity index (χ1v) is 11.8. The number of aromatic hydroxyl groups is 1. The lowest BCUT2D eigenvalue weighted by molar-refractivity contribution is 0.157. The Balaban J connectivity index is 1.20. The van der Waals surface area contributed by atoms with Crippen molar-refractivity contribution in [2.45, 2.75) is 50.2 Å². The molecule has 2 saturated heterocycles. The lowest BCUT2D eigenvalue weighted by Crippen LogP contribution is -2.54. The van der Waals surface area contributed by atoms with Crippen LogP contribution >= 0.6 is 0 Å². The molecular weight excluding hydrogens is 434 g/mol. The van der Waals surface area contributed by atoms with E-state index in [0.29, 0.717) is 65.7 Å². The second-order valence-corrected chi connectivity index (χ2v) is 9.16. The third-order valence-electron chi connectivity index (χ3n) is 6.95. The molecule has 6 rings (SSSR count). The largest absolute Gasteiger partial charge is 0.507 e. The average molecular weight is 462 g/mol. The maximum Gasteiger partial charge on any atom is 0.278 e. The molecule has 5 heterocycles. The molecule has 3 aliphatic rings. The van der Waals surface area contributed by atoms with Crippen LogP contribution < -0.4 is 19.7 Å². The van der Waals surface area contributed by atoms with Gasteiger partial charge in [0.05, 0.1) is 23.7 Å². The van der Waals surface area contributed by atoms with Crippen molar-refractivity contribution in [3.05, 3.63) is 30.6 Å². The Morgan fingerprint density at radius 3 is 2.53 bits per heavy atom. The van der Waals surface area contributed by atoms with Gasteiger partial charge in [-0.3, -0.25) is 0 Å². The first kappa shape index (κ1) is 21.0. The quantitative estimate of drug-likeness (QED) is 0.600. The highest BCUT2D eigenvalue weighted by Gasteiger charge is 2.33. The van der Waals surface area contributed by atoms with Gasteiger partial charge in [0, 0.05) is 30.7 Å². The molecule has 34 heavy (non-hydrogen) atoms. The smallest absolute Gasteiger partial charge is 0.278 e. The van der Waals surface area contributed by atoms with Crippen LogP contribution in [0, 0.1) is 0 Å². The number of nitrogens with one attached hydrogen (secondary N) is 1. The number of phenolic OH excluding ortho intramolecular Hbond substituents is 1. The minimum Gasteiger partial charge on any atom is -0.507 e. The van der Waals surface area contributed by atoms with Crippen molar-refractivity contribution in [2.75, 3.05) is 25.2 Å².